The van der Waals surface area contributed by atoms with E-state index >= 15 is 0 Å². The maximum Gasteiger partial charge on any atom is 0.239 e. The van der Waals surface area contributed by atoms with E-state index in [0.29, 0.717) is 0 Å². The maximum atomic E-state index is 11.6. The predicted octanol–water partition coefficient (Wildman–Crippen LogP) is 0.607. The van der Waals surface area contributed by atoms with Crippen molar-refractivity contribution >= 4 is 5.91 Å². The molecule has 70 valence electrons. The van der Waals surface area contributed by atoms with Crippen molar-refractivity contribution in [3.8, 4) is 0 Å². The monoisotopic (exact) mass is 170 g/mol. The molecular weight excluding hydrogens is 152 g/mol. The highest BCUT2D eigenvalue weighted by Crippen LogP contribution is 2.05. The molecule has 1 heterocycles. The first-order valence-electron chi connectivity index (χ1n) is 4.81. The van der Waals surface area contributed by atoms with Gasteiger partial charge in [0.2, 0.25) is 5.91 Å². The lowest BCUT2D eigenvalue weighted by Crippen LogP contribution is -2.54. The first-order valence-corrected chi connectivity index (χ1v) is 4.81. The maximum absolute atomic E-state index is 11.6. The van der Waals surface area contributed by atoms with Crippen LogP contribution in [0.2, 0.25) is 0 Å². The van der Waals surface area contributed by atoms with Crippen molar-refractivity contribution in [1.82, 2.24) is 10.2 Å². The largest absolute Gasteiger partial charge is 0.340 e. The summed E-state index contributed by atoms with van der Waals surface area (Å²) in [5.41, 5.74) is 0. The van der Waals surface area contributed by atoms with Crippen molar-refractivity contribution in [2.75, 3.05) is 19.6 Å². The van der Waals surface area contributed by atoms with E-state index in [1.165, 1.54) is 0 Å². The lowest BCUT2D eigenvalue weighted by atomic mass is 10.1. The third-order valence-corrected chi connectivity index (χ3v) is 2.34. The quantitative estimate of drug-likeness (QED) is 0.673. The van der Waals surface area contributed by atoms with Gasteiger partial charge in [-0.1, -0.05) is 13.3 Å². The second kappa shape index (κ2) is 4.45. The fourth-order valence-corrected chi connectivity index (χ4v) is 1.62. The Labute approximate surface area is 74.1 Å². The van der Waals surface area contributed by atoms with Crippen LogP contribution in [0.25, 0.3) is 0 Å². The van der Waals surface area contributed by atoms with E-state index in [0.717, 1.165) is 32.5 Å². The van der Waals surface area contributed by atoms with Crippen LogP contribution in [0.1, 0.15) is 26.7 Å². The van der Waals surface area contributed by atoms with Gasteiger partial charge in [-0.2, -0.15) is 0 Å². The van der Waals surface area contributed by atoms with Crippen LogP contribution in [0.4, 0.5) is 0 Å². The van der Waals surface area contributed by atoms with Crippen LogP contribution in [0, 0.1) is 0 Å². The summed E-state index contributed by atoms with van der Waals surface area (Å²) in [5.74, 6) is 0.283. The number of hydrogen-bond acceptors (Lipinski definition) is 2. The smallest absolute Gasteiger partial charge is 0.239 e. The minimum atomic E-state index is 0.0868. The highest BCUT2D eigenvalue weighted by molar-refractivity contribution is 5.82. The van der Waals surface area contributed by atoms with Crippen molar-refractivity contribution in [2.45, 2.75) is 32.7 Å². The Morgan fingerprint density at radius 2 is 2.33 bits per heavy atom. The Balaban J connectivity index is 2.47. The fraction of sp³-hybridized carbons (Fsp3) is 0.889. The van der Waals surface area contributed by atoms with Crippen LogP contribution in [-0.2, 0) is 4.79 Å². The fourth-order valence-electron chi connectivity index (χ4n) is 1.62. The van der Waals surface area contributed by atoms with Crippen molar-refractivity contribution in [1.29, 1.82) is 0 Å². The molecular formula is C9H18N2O. The standard InChI is InChI=1S/C9H18N2O/c1-3-5-8-9(12)11(4-2)7-6-10-8/h8,10H,3-7H2,1-2H3/t8-/m1/s1. The lowest BCUT2D eigenvalue weighted by molar-refractivity contribution is -0.135. The van der Waals surface area contributed by atoms with E-state index in [2.05, 4.69) is 12.2 Å². The van der Waals surface area contributed by atoms with Gasteiger partial charge in [-0.3, -0.25) is 4.79 Å². The zero-order valence-electron chi connectivity index (χ0n) is 7.97. The van der Waals surface area contributed by atoms with Crippen LogP contribution in [0.3, 0.4) is 0 Å². The van der Waals surface area contributed by atoms with Crippen LogP contribution >= 0.6 is 0 Å². The average molecular weight is 170 g/mol. The van der Waals surface area contributed by atoms with Gasteiger partial charge in [0.05, 0.1) is 6.04 Å². The average Bonchev–Trinajstić information content (AvgIpc) is 2.09. The van der Waals surface area contributed by atoms with Gasteiger partial charge in [-0.05, 0) is 13.3 Å². The molecule has 0 radical (unpaired) electrons. The van der Waals surface area contributed by atoms with Gasteiger partial charge in [-0.25, -0.2) is 0 Å². The Bertz CT molecular complexity index is 157. The first-order chi connectivity index (χ1) is 5.79. The van der Waals surface area contributed by atoms with Gasteiger partial charge < -0.3 is 10.2 Å². The molecule has 0 saturated carbocycles. The molecule has 0 aromatic carbocycles. The summed E-state index contributed by atoms with van der Waals surface area (Å²) in [4.78, 5) is 13.5. The number of nitrogens with zero attached hydrogens (tertiary/aromatic N) is 1. The van der Waals surface area contributed by atoms with Crippen molar-refractivity contribution in [3.63, 3.8) is 0 Å². The molecule has 1 rings (SSSR count). The van der Waals surface area contributed by atoms with Gasteiger partial charge in [-0.15, -0.1) is 0 Å². The molecule has 0 aliphatic carbocycles. The normalized spacial score (nSPS) is 24.7. The van der Waals surface area contributed by atoms with Crippen molar-refractivity contribution in [3.05, 3.63) is 0 Å². The molecule has 1 fully saturated rings. The predicted molar refractivity (Wildman–Crippen MR) is 49.0 cm³/mol. The van der Waals surface area contributed by atoms with Gasteiger partial charge in [0, 0.05) is 19.6 Å². The minimum Gasteiger partial charge on any atom is -0.340 e. The Hall–Kier alpha value is -0.570. The second-order valence-electron chi connectivity index (χ2n) is 3.21. The second-order valence-corrected chi connectivity index (χ2v) is 3.21. The molecule has 1 saturated heterocycles. The molecule has 0 aromatic rings. The van der Waals surface area contributed by atoms with Crippen LogP contribution < -0.4 is 5.32 Å². The molecule has 1 atom stereocenters. The SMILES string of the molecule is CCC[C@H]1NCCN(CC)C1=O. The van der Waals surface area contributed by atoms with Gasteiger partial charge >= 0.3 is 0 Å². The number of carbonyl (C=O) groups excluding carboxylic acids is 1. The molecule has 0 aromatic heterocycles. The molecule has 0 spiro atoms. The third-order valence-electron chi connectivity index (χ3n) is 2.34. The Kier molecular flexibility index (Phi) is 3.53. The van der Waals surface area contributed by atoms with E-state index in [-0.39, 0.29) is 11.9 Å². The summed E-state index contributed by atoms with van der Waals surface area (Å²) < 4.78 is 0. The van der Waals surface area contributed by atoms with Gasteiger partial charge in [0.25, 0.3) is 0 Å². The van der Waals surface area contributed by atoms with Crippen LogP contribution in [0.5, 0.6) is 0 Å². The summed E-state index contributed by atoms with van der Waals surface area (Å²) in [6.45, 7) is 6.81. The molecule has 3 nitrogen and oxygen atoms in total. The number of hydrogen-bond donors (Lipinski definition) is 1. The molecule has 1 amide bonds. The summed E-state index contributed by atoms with van der Waals surface area (Å²) >= 11 is 0. The number of amides is 1. The van der Waals surface area contributed by atoms with Gasteiger partial charge in [0.15, 0.2) is 0 Å². The van der Waals surface area contributed by atoms with E-state index in [4.69, 9.17) is 0 Å². The molecule has 1 N–H and O–H groups in total. The summed E-state index contributed by atoms with van der Waals surface area (Å²) in [6.07, 6.45) is 2.04. The van der Waals surface area contributed by atoms with E-state index in [1.54, 1.807) is 0 Å². The van der Waals surface area contributed by atoms with Crippen molar-refractivity contribution in [2.24, 2.45) is 0 Å². The first kappa shape index (κ1) is 9.52. The number of carbonyl (C=O) groups is 1. The number of likely N-dealkylation sites (N-methyl/N-ethyl adjacent to an activating group) is 1. The Morgan fingerprint density at radius 3 is 2.92 bits per heavy atom. The minimum absolute atomic E-state index is 0.0868. The summed E-state index contributed by atoms with van der Waals surface area (Å²) in [5, 5.41) is 3.24. The molecule has 1 aliphatic heterocycles. The number of rotatable bonds is 3. The van der Waals surface area contributed by atoms with Crippen molar-refractivity contribution < 1.29 is 4.79 Å². The number of piperazine rings is 1. The highest BCUT2D eigenvalue weighted by atomic mass is 16.2. The molecule has 12 heavy (non-hydrogen) atoms. The third kappa shape index (κ3) is 1.97. The highest BCUT2D eigenvalue weighted by Gasteiger charge is 2.25. The van der Waals surface area contributed by atoms with Gasteiger partial charge in [0.1, 0.15) is 0 Å². The van der Waals surface area contributed by atoms with E-state index < -0.39 is 0 Å². The summed E-state index contributed by atoms with van der Waals surface area (Å²) in [7, 11) is 0. The van der Waals surface area contributed by atoms with E-state index in [9.17, 15) is 4.79 Å². The molecule has 0 unspecified atom stereocenters. The van der Waals surface area contributed by atoms with Crippen LogP contribution in [-0.4, -0.2) is 36.5 Å². The summed E-state index contributed by atoms with van der Waals surface area (Å²) in [6, 6.07) is 0.0868. The molecule has 1 aliphatic rings. The van der Waals surface area contributed by atoms with E-state index in [1.807, 2.05) is 11.8 Å². The molecule has 0 bridgehead atoms. The topological polar surface area (TPSA) is 32.3 Å². The molecule has 3 heteroatoms. The lowest BCUT2D eigenvalue weighted by Gasteiger charge is -2.32. The zero-order chi connectivity index (χ0) is 8.97. The zero-order valence-corrected chi connectivity index (χ0v) is 7.97. The number of nitrogens with one attached hydrogen (secondary N) is 1. The Morgan fingerprint density at radius 1 is 1.58 bits per heavy atom. The van der Waals surface area contributed by atoms with Crippen LogP contribution in [0.15, 0.2) is 0 Å².